The van der Waals surface area contributed by atoms with E-state index in [-0.39, 0.29) is 12.8 Å². The number of rotatable bonds is 5. The van der Waals surface area contributed by atoms with E-state index in [1.54, 1.807) is 0 Å². The topological polar surface area (TPSA) is 12.5 Å². The fourth-order valence-electron chi connectivity index (χ4n) is 2.52. The molecule has 1 aliphatic rings. The number of ether oxygens (including phenoxy) is 1. The second kappa shape index (κ2) is 7.49. The Morgan fingerprint density at radius 3 is 2.48 bits per heavy atom. The van der Waals surface area contributed by atoms with E-state index < -0.39 is 12.1 Å². The molecule has 2 nitrogen and oxygen atoms in total. The van der Waals surface area contributed by atoms with Gasteiger partial charge in [-0.25, -0.2) is 0 Å². The fourth-order valence-corrected chi connectivity index (χ4v) is 2.92. The largest absolute Gasteiger partial charge is 0.492 e. The molecule has 1 aromatic carbocycles. The Bertz CT molecular complexity index is 445. The summed E-state index contributed by atoms with van der Waals surface area (Å²) in [6, 6.07) is 7.62. The summed E-state index contributed by atoms with van der Waals surface area (Å²) in [5.74, 6) is -0.321. The second-order valence-corrected chi connectivity index (χ2v) is 6.14. The summed E-state index contributed by atoms with van der Waals surface area (Å²) in [7, 11) is 0. The zero-order valence-electron chi connectivity index (χ0n) is 11.7. The molecule has 0 aromatic heterocycles. The molecule has 6 heteroatoms. The number of hydrogen-bond donors (Lipinski definition) is 0. The van der Waals surface area contributed by atoms with Crippen LogP contribution in [0.15, 0.2) is 28.7 Å². The monoisotopic (exact) mass is 365 g/mol. The Labute approximate surface area is 131 Å². The van der Waals surface area contributed by atoms with Crippen LogP contribution in [0.1, 0.15) is 19.3 Å². The van der Waals surface area contributed by atoms with Gasteiger partial charge in [-0.1, -0.05) is 12.1 Å². The average Bonchev–Trinajstić information content (AvgIpc) is 2.45. The molecule has 1 aromatic rings. The Balaban J connectivity index is 1.63. The lowest BCUT2D eigenvalue weighted by molar-refractivity contribution is -0.185. The molecule has 0 atom stereocenters. The van der Waals surface area contributed by atoms with Crippen LogP contribution in [-0.2, 0) is 0 Å². The maximum Gasteiger partial charge on any atom is 0.391 e. The van der Waals surface area contributed by atoms with E-state index in [1.165, 1.54) is 0 Å². The Morgan fingerprint density at radius 1 is 1.19 bits per heavy atom. The summed E-state index contributed by atoms with van der Waals surface area (Å²) < 4.78 is 44.2. The predicted molar refractivity (Wildman–Crippen MR) is 79.5 cm³/mol. The summed E-state index contributed by atoms with van der Waals surface area (Å²) in [5.41, 5.74) is 0. The van der Waals surface area contributed by atoms with Crippen molar-refractivity contribution in [1.82, 2.24) is 4.90 Å². The van der Waals surface area contributed by atoms with Gasteiger partial charge in [0.1, 0.15) is 5.75 Å². The van der Waals surface area contributed by atoms with Crippen LogP contribution in [0.4, 0.5) is 13.2 Å². The van der Waals surface area contributed by atoms with Crippen molar-refractivity contribution in [2.45, 2.75) is 25.4 Å². The summed E-state index contributed by atoms with van der Waals surface area (Å²) >= 11 is 3.41. The van der Waals surface area contributed by atoms with Gasteiger partial charge in [-0.3, -0.25) is 0 Å². The van der Waals surface area contributed by atoms with Gasteiger partial charge in [-0.2, -0.15) is 13.2 Å². The first-order valence-electron chi connectivity index (χ1n) is 7.13. The van der Waals surface area contributed by atoms with E-state index in [9.17, 15) is 13.2 Å². The molecule has 1 heterocycles. The van der Waals surface area contributed by atoms with E-state index in [2.05, 4.69) is 20.8 Å². The van der Waals surface area contributed by atoms with Crippen molar-refractivity contribution in [2.24, 2.45) is 5.92 Å². The molecular formula is C15H19BrF3NO. The number of para-hydroxylation sites is 1. The highest BCUT2D eigenvalue weighted by molar-refractivity contribution is 9.10. The summed E-state index contributed by atoms with van der Waals surface area (Å²) in [6.45, 7) is 2.41. The molecule has 118 valence electrons. The molecule has 1 saturated heterocycles. The lowest BCUT2D eigenvalue weighted by atomic mass is 9.96. The normalized spacial score (nSPS) is 17.9. The number of nitrogens with zero attached hydrogens (tertiary/aromatic N) is 1. The van der Waals surface area contributed by atoms with Crippen LogP contribution in [0.2, 0.25) is 0 Å². The first kappa shape index (κ1) is 16.6. The number of alkyl halides is 3. The molecule has 1 aliphatic heterocycles. The third kappa shape index (κ3) is 5.18. The minimum absolute atomic E-state index is 0.217. The van der Waals surface area contributed by atoms with Crippen molar-refractivity contribution >= 4 is 15.9 Å². The third-order valence-corrected chi connectivity index (χ3v) is 4.42. The molecule has 0 unspecified atom stereocenters. The van der Waals surface area contributed by atoms with Gasteiger partial charge in [-0.15, -0.1) is 0 Å². The molecule has 0 N–H and O–H groups in total. The van der Waals surface area contributed by atoms with Gasteiger partial charge in [0, 0.05) is 6.54 Å². The maximum absolute atomic E-state index is 12.6. The maximum atomic E-state index is 12.6. The molecule has 2 rings (SSSR count). The number of hydrogen-bond acceptors (Lipinski definition) is 2. The number of piperidine rings is 1. The Morgan fingerprint density at radius 2 is 1.86 bits per heavy atom. The third-order valence-electron chi connectivity index (χ3n) is 3.76. The van der Waals surface area contributed by atoms with Crippen molar-refractivity contribution in [3.8, 4) is 5.75 Å². The van der Waals surface area contributed by atoms with Gasteiger partial charge >= 0.3 is 6.18 Å². The molecule has 0 bridgehead atoms. The van der Waals surface area contributed by atoms with Crippen LogP contribution in [0.3, 0.4) is 0 Å². The van der Waals surface area contributed by atoms with E-state index in [0.717, 1.165) is 23.2 Å². The fraction of sp³-hybridized carbons (Fsp3) is 0.600. The molecule has 21 heavy (non-hydrogen) atoms. The highest BCUT2D eigenvalue weighted by Gasteiger charge is 2.40. The van der Waals surface area contributed by atoms with Crippen LogP contribution in [-0.4, -0.2) is 37.3 Å². The lowest BCUT2D eigenvalue weighted by Crippen LogP contribution is -2.39. The second-order valence-electron chi connectivity index (χ2n) is 5.29. The van der Waals surface area contributed by atoms with Crippen molar-refractivity contribution in [3.63, 3.8) is 0 Å². The number of benzene rings is 1. The lowest BCUT2D eigenvalue weighted by Gasteiger charge is -2.32. The van der Waals surface area contributed by atoms with E-state index in [0.29, 0.717) is 19.7 Å². The minimum Gasteiger partial charge on any atom is -0.492 e. The van der Waals surface area contributed by atoms with Crippen LogP contribution in [0, 0.1) is 5.92 Å². The van der Waals surface area contributed by atoms with Gasteiger partial charge in [0.25, 0.3) is 0 Å². The minimum atomic E-state index is -4.03. The van der Waals surface area contributed by atoms with Crippen LogP contribution in [0.25, 0.3) is 0 Å². The van der Waals surface area contributed by atoms with Gasteiger partial charge in [-0.05, 0) is 60.4 Å². The molecule has 0 radical (unpaired) electrons. The Hall–Kier alpha value is -0.750. The van der Waals surface area contributed by atoms with Gasteiger partial charge < -0.3 is 9.64 Å². The van der Waals surface area contributed by atoms with Crippen molar-refractivity contribution < 1.29 is 17.9 Å². The van der Waals surface area contributed by atoms with E-state index >= 15 is 0 Å². The van der Waals surface area contributed by atoms with Crippen molar-refractivity contribution in [3.05, 3.63) is 28.7 Å². The van der Waals surface area contributed by atoms with Crippen molar-refractivity contribution in [1.29, 1.82) is 0 Å². The molecule has 0 aliphatic carbocycles. The molecule has 1 fully saturated rings. The Kier molecular flexibility index (Phi) is 5.93. The van der Waals surface area contributed by atoms with Crippen LogP contribution < -0.4 is 4.74 Å². The average molecular weight is 366 g/mol. The van der Waals surface area contributed by atoms with Crippen molar-refractivity contribution in [2.75, 3.05) is 26.2 Å². The SMILES string of the molecule is FC(F)(F)C1CCN(CCCOc2ccccc2Br)CC1. The van der Waals surface area contributed by atoms with Gasteiger partial charge in [0.2, 0.25) is 0 Å². The highest BCUT2D eigenvalue weighted by atomic mass is 79.9. The number of halogens is 4. The van der Waals surface area contributed by atoms with Gasteiger partial charge in [0.05, 0.1) is 17.0 Å². The first-order chi connectivity index (χ1) is 9.97. The predicted octanol–water partition coefficient (Wildman–Crippen LogP) is 4.49. The zero-order valence-corrected chi connectivity index (χ0v) is 13.3. The van der Waals surface area contributed by atoms with Crippen LogP contribution >= 0.6 is 15.9 Å². The highest BCUT2D eigenvalue weighted by Crippen LogP contribution is 2.34. The van der Waals surface area contributed by atoms with E-state index in [1.807, 2.05) is 24.3 Å². The molecule has 0 spiro atoms. The van der Waals surface area contributed by atoms with Gasteiger partial charge in [0.15, 0.2) is 0 Å². The molecule has 0 amide bonds. The number of likely N-dealkylation sites (tertiary alicyclic amines) is 1. The first-order valence-corrected chi connectivity index (χ1v) is 7.92. The smallest absolute Gasteiger partial charge is 0.391 e. The van der Waals surface area contributed by atoms with E-state index in [4.69, 9.17) is 4.74 Å². The summed E-state index contributed by atoms with van der Waals surface area (Å²) in [6.07, 6.45) is -2.78. The summed E-state index contributed by atoms with van der Waals surface area (Å²) in [4.78, 5) is 2.09. The quantitative estimate of drug-likeness (QED) is 0.712. The molecular weight excluding hydrogens is 347 g/mol. The molecule has 0 saturated carbocycles. The summed E-state index contributed by atoms with van der Waals surface area (Å²) in [5, 5.41) is 0. The van der Waals surface area contributed by atoms with Crippen LogP contribution in [0.5, 0.6) is 5.75 Å². The zero-order chi connectivity index (χ0) is 15.3. The standard InChI is InChI=1S/C15H19BrF3NO/c16-13-4-1-2-5-14(13)21-11-3-8-20-9-6-12(7-10-20)15(17,18)19/h1-2,4-5,12H,3,6-11H2.